The largest absolute Gasteiger partial charge is 0.341 e. The molecule has 0 saturated carbocycles. The summed E-state index contributed by atoms with van der Waals surface area (Å²) >= 11 is 1.98. The molecule has 3 heterocycles. The fraction of sp³-hybridized carbons (Fsp3) is 0.857. The van der Waals surface area contributed by atoms with E-state index in [-0.39, 0.29) is 19.1 Å². The molecule has 3 rings (SSSR count). The summed E-state index contributed by atoms with van der Waals surface area (Å²) < 4.78 is 23.9. The molecule has 0 aliphatic carbocycles. The van der Waals surface area contributed by atoms with Crippen molar-refractivity contribution >= 4 is 33.8 Å². The summed E-state index contributed by atoms with van der Waals surface area (Å²) in [5, 5.41) is 0. The zero-order chi connectivity index (χ0) is 17.3. The number of imide groups is 1. The van der Waals surface area contributed by atoms with Gasteiger partial charge in [-0.1, -0.05) is 0 Å². The van der Waals surface area contributed by atoms with E-state index in [9.17, 15) is 18.0 Å². The molecular formula is C14H24N4O4S2. The topological polar surface area (TPSA) is 81.2 Å². The summed E-state index contributed by atoms with van der Waals surface area (Å²) in [6, 6.07) is -0.496. The number of thioether (sulfide) groups is 1. The molecule has 8 nitrogen and oxygen atoms in total. The Morgan fingerprint density at radius 2 is 1.92 bits per heavy atom. The summed E-state index contributed by atoms with van der Waals surface area (Å²) in [5.41, 5.74) is 0. The van der Waals surface area contributed by atoms with Crippen LogP contribution in [0.2, 0.25) is 0 Å². The number of amides is 4. The van der Waals surface area contributed by atoms with Gasteiger partial charge in [0.05, 0.1) is 19.3 Å². The Labute approximate surface area is 147 Å². The van der Waals surface area contributed by atoms with Crippen molar-refractivity contribution in [3.63, 3.8) is 0 Å². The molecule has 0 bridgehead atoms. The number of rotatable bonds is 2. The van der Waals surface area contributed by atoms with Crippen molar-refractivity contribution in [1.29, 1.82) is 0 Å². The van der Waals surface area contributed by atoms with Crippen LogP contribution < -0.4 is 0 Å². The number of sulfonamides is 1. The minimum Gasteiger partial charge on any atom is -0.323 e. The highest BCUT2D eigenvalue weighted by atomic mass is 32.2. The summed E-state index contributed by atoms with van der Waals surface area (Å²) in [7, 11) is -3.62. The van der Waals surface area contributed by atoms with Crippen LogP contribution in [-0.4, -0.2) is 103 Å². The molecule has 0 N–H and O–H groups in total. The predicted octanol–water partition coefficient (Wildman–Crippen LogP) is 0.317. The van der Waals surface area contributed by atoms with E-state index in [0.29, 0.717) is 19.1 Å². The van der Waals surface area contributed by atoms with Gasteiger partial charge < -0.3 is 4.90 Å². The molecule has 24 heavy (non-hydrogen) atoms. The average molecular weight is 377 g/mol. The molecule has 0 radical (unpaired) electrons. The number of carbonyl (C=O) groups is 2. The van der Waals surface area contributed by atoms with Crippen LogP contribution in [0.1, 0.15) is 12.8 Å². The van der Waals surface area contributed by atoms with Crippen LogP contribution in [0, 0.1) is 0 Å². The van der Waals surface area contributed by atoms with Gasteiger partial charge in [-0.25, -0.2) is 27.2 Å². The number of nitrogens with zero attached hydrogens (tertiary/aromatic N) is 4. The normalized spacial score (nSPS) is 27.0. The molecule has 3 aliphatic rings. The van der Waals surface area contributed by atoms with Crippen molar-refractivity contribution in [1.82, 2.24) is 19.0 Å². The Bertz CT molecular complexity index is 606. The minimum atomic E-state index is -3.62. The summed E-state index contributed by atoms with van der Waals surface area (Å²) in [6.07, 6.45) is 3.07. The maximum Gasteiger partial charge on any atom is 0.341 e. The third kappa shape index (κ3) is 3.65. The Hall–Kier alpha value is -1.00. The number of carbonyl (C=O) groups excluding carboxylic acids is 2. The maximum absolute atomic E-state index is 12.7. The fourth-order valence-corrected chi connectivity index (χ4v) is 5.53. The Morgan fingerprint density at radius 1 is 1.12 bits per heavy atom. The highest BCUT2D eigenvalue weighted by Gasteiger charge is 2.40. The number of hydrogen-bond donors (Lipinski definition) is 0. The fourth-order valence-electron chi connectivity index (χ4n) is 3.48. The lowest BCUT2D eigenvalue weighted by molar-refractivity contribution is 0.160. The quantitative estimate of drug-likeness (QED) is 0.690. The van der Waals surface area contributed by atoms with Crippen molar-refractivity contribution in [2.75, 3.05) is 57.0 Å². The second-order valence-electron chi connectivity index (χ2n) is 6.45. The zero-order valence-corrected chi connectivity index (χ0v) is 15.5. The van der Waals surface area contributed by atoms with E-state index in [1.165, 1.54) is 12.2 Å². The summed E-state index contributed by atoms with van der Waals surface area (Å²) in [4.78, 5) is 30.0. The number of hydrogen-bond acceptors (Lipinski definition) is 6. The Balaban J connectivity index is 1.60. The van der Waals surface area contributed by atoms with Crippen molar-refractivity contribution < 1.29 is 18.0 Å². The second kappa shape index (κ2) is 7.09. The smallest absolute Gasteiger partial charge is 0.323 e. The van der Waals surface area contributed by atoms with Crippen LogP contribution in [-0.2, 0) is 10.0 Å². The molecule has 0 aromatic rings. The molecule has 136 valence electrons. The SMILES string of the molecule is CS(=O)(=O)N1CCN(C(=O)N2CCCN(C3CCSC3)CC2)C1=O. The van der Waals surface area contributed by atoms with E-state index in [2.05, 4.69) is 4.90 Å². The maximum atomic E-state index is 12.7. The van der Waals surface area contributed by atoms with Gasteiger partial charge >= 0.3 is 12.1 Å². The first-order valence-corrected chi connectivity index (χ1v) is 11.3. The van der Waals surface area contributed by atoms with Crippen LogP contribution in [0.4, 0.5) is 9.59 Å². The Kier molecular flexibility index (Phi) is 5.26. The van der Waals surface area contributed by atoms with Crippen LogP contribution in [0.5, 0.6) is 0 Å². The molecule has 0 spiro atoms. The first kappa shape index (κ1) is 17.8. The minimum absolute atomic E-state index is 0.0443. The van der Waals surface area contributed by atoms with E-state index in [0.717, 1.165) is 40.7 Å². The lowest BCUT2D eigenvalue weighted by Gasteiger charge is -2.28. The van der Waals surface area contributed by atoms with Gasteiger partial charge in [-0.2, -0.15) is 11.8 Å². The van der Waals surface area contributed by atoms with E-state index >= 15 is 0 Å². The predicted molar refractivity (Wildman–Crippen MR) is 92.5 cm³/mol. The molecule has 0 aromatic heterocycles. The molecular weight excluding hydrogens is 352 g/mol. The lowest BCUT2D eigenvalue weighted by atomic mass is 10.2. The standard InChI is InChI=1S/C14H24N4O4S2/c1-24(21,22)18-9-8-17(14(18)20)13(19)16-5-2-4-15(6-7-16)12-3-10-23-11-12/h12H,2-11H2,1H3. The molecule has 3 fully saturated rings. The Morgan fingerprint density at radius 3 is 2.54 bits per heavy atom. The van der Waals surface area contributed by atoms with Crippen LogP contribution >= 0.6 is 11.8 Å². The highest BCUT2D eigenvalue weighted by Crippen LogP contribution is 2.23. The summed E-state index contributed by atoms with van der Waals surface area (Å²) in [6.45, 7) is 3.15. The van der Waals surface area contributed by atoms with Gasteiger partial charge in [-0.05, 0) is 18.6 Å². The first-order chi connectivity index (χ1) is 11.4. The zero-order valence-electron chi connectivity index (χ0n) is 13.9. The van der Waals surface area contributed by atoms with Crippen molar-refractivity contribution in [2.24, 2.45) is 0 Å². The van der Waals surface area contributed by atoms with Gasteiger partial charge in [0.1, 0.15) is 0 Å². The number of urea groups is 2. The van der Waals surface area contributed by atoms with Crippen LogP contribution in [0.15, 0.2) is 0 Å². The van der Waals surface area contributed by atoms with E-state index in [1.807, 2.05) is 11.8 Å². The van der Waals surface area contributed by atoms with Crippen molar-refractivity contribution in [3.05, 3.63) is 0 Å². The molecule has 4 amide bonds. The molecule has 3 aliphatic heterocycles. The van der Waals surface area contributed by atoms with Gasteiger partial charge in [0.2, 0.25) is 10.0 Å². The molecule has 10 heteroatoms. The van der Waals surface area contributed by atoms with Gasteiger partial charge in [-0.3, -0.25) is 4.90 Å². The molecule has 1 unspecified atom stereocenters. The van der Waals surface area contributed by atoms with Gasteiger partial charge in [0.25, 0.3) is 0 Å². The second-order valence-corrected chi connectivity index (χ2v) is 9.50. The van der Waals surface area contributed by atoms with Gasteiger partial charge in [0.15, 0.2) is 0 Å². The third-order valence-electron chi connectivity index (χ3n) is 4.83. The van der Waals surface area contributed by atoms with Crippen LogP contribution in [0.25, 0.3) is 0 Å². The summed E-state index contributed by atoms with van der Waals surface area (Å²) in [5.74, 6) is 2.36. The molecule has 1 atom stereocenters. The van der Waals surface area contributed by atoms with Gasteiger partial charge in [0, 0.05) is 38.0 Å². The highest BCUT2D eigenvalue weighted by molar-refractivity contribution is 7.99. The monoisotopic (exact) mass is 376 g/mol. The average Bonchev–Trinajstić information content (AvgIpc) is 3.11. The van der Waals surface area contributed by atoms with Crippen LogP contribution in [0.3, 0.4) is 0 Å². The van der Waals surface area contributed by atoms with Crippen molar-refractivity contribution in [3.8, 4) is 0 Å². The lowest BCUT2D eigenvalue weighted by Crippen LogP contribution is -2.47. The first-order valence-electron chi connectivity index (χ1n) is 8.28. The molecule has 0 aromatic carbocycles. The van der Waals surface area contributed by atoms with E-state index < -0.39 is 16.1 Å². The third-order valence-corrected chi connectivity index (χ3v) is 7.11. The molecule has 3 saturated heterocycles. The van der Waals surface area contributed by atoms with Crippen molar-refractivity contribution in [2.45, 2.75) is 18.9 Å². The van der Waals surface area contributed by atoms with Gasteiger partial charge in [-0.15, -0.1) is 0 Å². The van der Waals surface area contributed by atoms with E-state index in [4.69, 9.17) is 0 Å². The van der Waals surface area contributed by atoms with E-state index in [1.54, 1.807) is 4.90 Å².